The van der Waals surface area contributed by atoms with Gasteiger partial charge in [0, 0.05) is 18.1 Å². The summed E-state index contributed by atoms with van der Waals surface area (Å²) in [5, 5.41) is 23.3. The van der Waals surface area contributed by atoms with Crippen molar-refractivity contribution in [3.05, 3.63) is 39.9 Å². The number of aliphatic hydroxyl groups is 1. The van der Waals surface area contributed by atoms with Crippen LogP contribution in [0.2, 0.25) is 0 Å². The highest BCUT2D eigenvalue weighted by atomic mass is 16.6. The molecular weight excluding hydrogens is 384 g/mol. The molecule has 0 radical (unpaired) electrons. The molecule has 0 saturated heterocycles. The SMILES string of the molecule is COC(=O)C[C@H](c1ccc([N+](=O)[O-])cc1)[C@@H](NC(=O)[C@@H](O)CC(C)C)C(=O)OC. The van der Waals surface area contributed by atoms with Crippen molar-refractivity contribution in [2.24, 2.45) is 5.92 Å². The minimum Gasteiger partial charge on any atom is -0.469 e. The number of ether oxygens (including phenoxy) is 2. The highest BCUT2D eigenvalue weighted by Gasteiger charge is 2.35. The zero-order valence-corrected chi connectivity index (χ0v) is 16.8. The summed E-state index contributed by atoms with van der Waals surface area (Å²) in [5.41, 5.74) is 0.214. The average Bonchev–Trinajstić information content (AvgIpc) is 2.69. The zero-order chi connectivity index (χ0) is 22.1. The lowest BCUT2D eigenvalue weighted by atomic mass is 9.88. The van der Waals surface area contributed by atoms with E-state index in [1.165, 1.54) is 31.4 Å². The molecule has 10 heteroatoms. The third-order valence-electron chi connectivity index (χ3n) is 4.30. The van der Waals surface area contributed by atoms with E-state index in [-0.39, 0.29) is 24.4 Å². The molecule has 0 heterocycles. The van der Waals surface area contributed by atoms with Gasteiger partial charge in [0.1, 0.15) is 12.1 Å². The molecule has 0 unspecified atom stereocenters. The first-order valence-electron chi connectivity index (χ1n) is 8.98. The number of benzene rings is 1. The standard InChI is InChI=1S/C19H26N2O8/c1-11(2)9-15(22)18(24)20-17(19(25)29-4)14(10-16(23)28-3)12-5-7-13(8-6-12)21(26)27/h5-8,11,14-15,17,22H,9-10H2,1-4H3,(H,20,24)/t14-,15+,17-/m1/s1. The number of hydrogen-bond donors (Lipinski definition) is 2. The first kappa shape index (κ1) is 24.0. The quantitative estimate of drug-likeness (QED) is 0.334. The highest BCUT2D eigenvalue weighted by molar-refractivity contribution is 5.88. The number of aliphatic hydroxyl groups excluding tert-OH is 1. The van der Waals surface area contributed by atoms with Crippen LogP contribution in [0.4, 0.5) is 5.69 Å². The van der Waals surface area contributed by atoms with Crippen LogP contribution in [0.3, 0.4) is 0 Å². The van der Waals surface area contributed by atoms with Gasteiger partial charge in [-0.3, -0.25) is 19.7 Å². The molecule has 1 aromatic rings. The van der Waals surface area contributed by atoms with E-state index in [1.807, 2.05) is 13.8 Å². The van der Waals surface area contributed by atoms with Crippen molar-refractivity contribution in [3.63, 3.8) is 0 Å². The minimum atomic E-state index is -1.35. The van der Waals surface area contributed by atoms with Crippen LogP contribution in [0.1, 0.15) is 38.2 Å². The molecule has 10 nitrogen and oxygen atoms in total. The highest BCUT2D eigenvalue weighted by Crippen LogP contribution is 2.27. The Morgan fingerprint density at radius 2 is 1.72 bits per heavy atom. The number of carbonyl (C=O) groups is 3. The van der Waals surface area contributed by atoms with E-state index in [0.717, 1.165) is 7.11 Å². The molecule has 29 heavy (non-hydrogen) atoms. The molecule has 0 fully saturated rings. The first-order chi connectivity index (χ1) is 13.6. The fraction of sp³-hybridized carbons (Fsp3) is 0.526. The van der Waals surface area contributed by atoms with E-state index in [2.05, 4.69) is 10.1 Å². The predicted molar refractivity (Wildman–Crippen MR) is 102 cm³/mol. The molecular formula is C19H26N2O8. The second kappa shape index (κ2) is 11.1. The monoisotopic (exact) mass is 410 g/mol. The van der Waals surface area contributed by atoms with Crippen LogP contribution in [0, 0.1) is 16.0 Å². The number of nitrogens with one attached hydrogen (secondary N) is 1. The number of nitrogens with zero attached hydrogens (tertiary/aromatic N) is 1. The molecule has 3 atom stereocenters. The maximum absolute atomic E-state index is 12.4. The lowest BCUT2D eigenvalue weighted by molar-refractivity contribution is -0.384. The smallest absolute Gasteiger partial charge is 0.329 e. The summed E-state index contributed by atoms with van der Waals surface area (Å²) in [7, 11) is 2.30. The van der Waals surface area contributed by atoms with Crippen LogP contribution in [0.25, 0.3) is 0 Å². The van der Waals surface area contributed by atoms with Crippen molar-refractivity contribution >= 4 is 23.5 Å². The van der Waals surface area contributed by atoms with Crippen LogP contribution >= 0.6 is 0 Å². The van der Waals surface area contributed by atoms with Crippen molar-refractivity contribution in [2.75, 3.05) is 14.2 Å². The zero-order valence-electron chi connectivity index (χ0n) is 16.8. The third-order valence-corrected chi connectivity index (χ3v) is 4.30. The second-order valence-corrected chi connectivity index (χ2v) is 6.89. The van der Waals surface area contributed by atoms with E-state index < -0.39 is 40.8 Å². The molecule has 2 N–H and O–H groups in total. The van der Waals surface area contributed by atoms with Crippen LogP contribution in [-0.4, -0.2) is 54.2 Å². The molecule has 0 aromatic heterocycles. The van der Waals surface area contributed by atoms with Crippen molar-refractivity contribution in [1.29, 1.82) is 0 Å². The van der Waals surface area contributed by atoms with Crippen LogP contribution in [0.15, 0.2) is 24.3 Å². The Kier molecular flexibility index (Phi) is 9.20. The predicted octanol–water partition coefficient (Wildman–Crippen LogP) is 1.31. The average molecular weight is 410 g/mol. The Bertz CT molecular complexity index is 732. The van der Waals surface area contributed by atoms with Crippen LogP contribution < -0.4 is 5.32 Å². The number of non-ortho nitro benzene ring substituents is 1. The Morgan fingerprint density at radius 1 is 1.14 bits per heavy atom. The summed E-state index contributed by atoms with van der Waals surface area (Å²) >= 11 is 0. The minimum absolute atomic E-state index is 0.0351. The maximum atomic E-state index is 12.4. The summed E-state index contributed by atoms with van der Waals surface area (Å²) in [5.74, 6) is -3.16. The number of nitro benzene ring substituents is 1. The Hall–Kier alpha value is -3.01. The molecule has 0 saturated carbocycles. The number of carbonyl (C=O) groups excluding carboxylic acids is 3. The molecule has 0 spiro atoms. The van der Waals surface area contributed by atoms with E-state index in [9.17, 15) is 29.6 Å². The molecule has 1 aromatic carbocycles. The normalized spacial score (nSPS) is 13.9. The number of amides is 1. The Morgan fingerprint density at radius 3 is 2.17 bits per heavy atom. The van der Waals surface area contributed by atoms with Gasteiger partial charge in [-0.1, -0.05) is 26.0 Å². The van der Waals surface area contributed by atoms with Gasteiger partial charge in [-0.2, -0.15) is 0 Å². The fourth-order valence-corrected chi connectivity index (χ4v) is 2.79. The summed E-state index contributed by atoms with van der Waals surface area (Å²) in [6.07, 6.45) is -1.47. The Balaban J connectivity index is 3.25. The van der Waals surface area contributed by atoms with Crippen LogP contribution in [-0.2, 0) is 23.9 Å². The fourth-order valence-electron chi connectivity index (χ4n) is 2.79. The van der Waals surface area contributed by atoms with Crippen molar-refractivity contribution < 1.29 is 33.9 Å². The molecule has 1 rings (SSSR count). The van der Waals surface area contributed by atoms with Gasteiger partial charge in [0.25, 0.3) is 5.69 Å². The van der Waals surface area contributed by atoms with Crippen molar-refractivity contribution in [2.45, 2.75) is 44.8 Å². The van der Waals surface area contributed by atoms with Crippen molar-refractivity contribution in [3.8, 4) is 0 Å². The van der Waals surface area contributed by atoms with Gasteiger partial charge in [-0.15, -0.1) is 0 Å². The second-order valence-electron chi connectivity index (χ2n) is 6.89. The largest absolute Gasteiger partial charge is 0.469 e. The van der Waals surface area contributed by atoms with Gasteiger partial charge in [-0.25, -0.2) is 4.79 Å². The van der Waals surface area contributed by atoms with E-state index in [4.69, 9.17) is 4.74 Å². The van der Waals surface area contributed by atoms with Gasteiger partial charge in [0.05, 0.1) is 25.6 Å². The molecule has 0 aliphatic carbocycles. The third kappa shape index (κ3) is 7.15. The summed E-state index contributed by atoms with van der Waals surface area (Å²) in [4.78, 5) is 46.9. The van der Waals surface area contributed by atoms with Crippen LogP contribution in [0.5, 0.6) is 0 Å². The number of methoxy groups -OCH3 is 2. The molecule has 0 bridgehead atoms. The molecule has 0 aliphatic heterocycles. The van der Waals surface area contributed by atoms with Crippen molar-refractivity contribution in [1.82, 2.24) is 5.32 Å². The van der Waals surface area contributed by atoms with Gasteiger partial charge < -0.3 is 19.9 Å². The molecule has 160 valence electrons. The summed E-state index contributed by atoms with van der Waals surface area (Å²) < 4.78 is 9.43. The maximum Gasteiger partial charge on any atom is 0.329 e. The summed E-state index contributed by atoms with van der Waals surface area (Å²) in [6, 6.07) is 3.92. The van der Waals surface area contributed by atoms with Gasteiger partial charge in [-0.05, 0) is 17.9 Å². The molecule has 0 aliphatic rings. The van der Waals surface area contributed by atoms with Gasteiger partial charge >= 0.3 is 11.9 Å². The Labute approximate surface area is 168 Å². The van der Waals surface area contributed by atoms with Gasteiger partial charge in [0.2, 0.25) is 5.91 Å². The van der Waals surface area contributed by atoms with E-state index >= 15 is 0 Å². The molecule has 1 amide bonds. The lowest BCUT2D eigenvalue weighted by Gasteiger charge is -2.27. The topological polar surface area (TPSA) is 145 Å². The first-order valence-corrected chi connectivity index (χ1v) is 8.98. The number of nitro groups is 1. The number of hydrogen-bond acceptors (Lipinski definition) is 8. The number of esters is 2. The van der Waals surface area contributed by atoms with E-state index in [0.29, 0.717) is 5.56 Å². The van der Waals surface area contributed by atoms with Gasteiger partial charge in [0.15, 0.2) is 0 Å². The van der Waals surface area contributed by atoms with E-state index in [1.54, 1.807) is 0 Å². The summed E-state index contributed by atoms with van der Waals surface area (Å²) in [6.45, 7) is 3.65. The number of rotatable bonds is 10. The lowest BCUT2D eigenvalue weighted by Crippen LogP contribution is -2.49.